The van der Waals surface area contributed by atoms with Gasteiger partial charge in [0.05, 0.1) is 4.92 Å². The maximum Gasteiger partial charge on any atom is 0.336 e. The average molecular weight is 353 g/mol. The Bertz CT molecular complexity index is 1110. The van der Waals surface area contributed by atoms with Crippen LogP contribution in [0.5, 0.6) is 11.5 Å². The van der Waals surface area contributed by atoms with Crippen molar-refractivity contribution in [3.8, 4) is 11.5 Å². The number of benzene rings is 2. The van der Waals surface area contributed by atoms with E-state index in [1.54, 1.807) is 26.0 Å². The summed E-state index contributed by atoms with van der Waals surface area (Å²) in [6, 6.07) is 8.81. The minimum Gasteiger partial charge on any atom is -0.450 e. The van der Waals surface area contributed by atoms with Gasteiger partial charge in [-0.3, -0.25) is 14.9 Å². The smallest absolute Gasteiger partial charge is 0.336 e. The number of carbonyl (C=O) groups excluding carboxylic acids is 1. The van der Waals surface area contributed by atoms with E-state index in [-0.39, 0.29) is 22.8 Å². The van der Waals surface area contributed by atoms with Crippen LogP contribution in [0, 0.1) is 24.0 Å². The van der Waals surface area contributed by atoms with Crippen molar-refractivity contribution in [3.63, 3.8) is 0 Å². The summed E-state index contributed by atoms with van der Waals surface area (Å²) >= 11 is 0. The molecule has 0 amide bonds. The van der Waals surface area contributed by atoms with Crippen LogP contribution in [0.1, 0.15) is 28.4 Å². The molecule has 1 heterocycles. The summed E-state index contributed by atoms with van der Waals surface area (Å²) in [6.07, 6.45) is 0. The van der Waals surface area contributed by atoms with Crippen LogP contribution >= 0.6 is 0 Å². The molecule has 0 saturated heterocycles. The van der Waals surface area contributed by atoms with Crippen molar-refractivity contribution in [2.75, 3.05) is 0 Å². The van der Waals surface area contributed by atoms with Gasteiger partial charge in [0.15, 0.2) is 5.78 Å². The van der Waals surface area contributed by atoms with Gasteiger partial charge in [0.1, 0.15) is 11.3 Å². The highest BCUT2D eigenvalue weighted by atomic mass is 16.6. The average Bonchev–Trinajstić information content (AvgIpc) is 2.57. The minimum atomic E-state index is -0.609. The van der Waals surface area contributed by atoms with E-state index < -0.39 is 10.5 Å². The van der Waals surface area contributed by atoms with Gasteiger partial charge in [0.25, 0.3) is 0 Å². The van der Waals surface area contributed by atoms with E-state index >= 15 is 0 Å². The van der Waals surface area contributed by atoms with Crippen molar-refractivity contribution >= 4 is 22.4 Å². The molecule has 0 spiro atoms. The molecule has 0 N–H and O–H groups in total. The number of nitrogens with zero attached hydrogens (tertiary/aromatic N) is 1. The van der Waals surface area contributed by atoms with Crippen molar-refractivity contribution in [1.29, 1.82) is 0 Å². The Morgan fingerprint density at radius 3 is 2.46 bits per heavy atom. The third-order valence-corrected chi connectivity index (χ3v) is 4.10. The zero-order chi connectivity index (χ0) is 19.0. The fourth-order valence-corrected chi connectivity index (χ4v) is 2.69. The number of aryl methyl sites for hydroxylation is 2. The molecule has 132 valence electrons. The lowest BCUT2D eigenvalue weighted by Crippen LogP contribution is -2.01. The first-order valence-electron chi connectivity index (χ1n) is 7.79. The minimum absolute atomic E-state index is 0.00236. The lowest BCUT2D eigenvalue weighted by Gasteiger charge is -2.11. The molecule has 0 bridgehead atoms. The monoisotopic (exact) mass is 353 g/mol. The van der Waals surface area contributed by atoms with E-state index in [2.05, 4.69) is 0 Å². The van der Waals surface area contributed by atoms with Crippen LogP contribution in [0.4, 0.5) is 5.69 Å². The van der Waals surface area contributed by atoms with Crippen molar-refractivity contribution in [2.24, 2.45) is 0 Å². The van der Waals surface area contributed by atoms with Gasteiger partial charge in [-0.15, -0.1) is 0 Å². The van der Waals surface area contributed by atoms with Gasteiger partial charge in [-0.05, 0) is 50.6 Å². The lowest BCUT2D eigenvalue weighted by atomic mass is 10.1. The molecule has 0 aliphatic carbocycles. The molecular weight excluding hydrogens is 338 g/mol. The van der Waals surface area contributed by atoms with Gasteiger partial charge in [0, 0.05) is 28.6 Å². The normalized spacial score (nSPS) is 10.7. The molecule has 0 radical (unpaired) electrons. The number of hydrogen-bond donors (Lipinski definition) is 0. The third-order valence-electron chi connectivity index (χ3n) is 4.10. The second kappa shape index (κ2) is 6.44. The van der Waals surface area contributed by atoms with Crippen LogP contribution in [-0.4, -0.2) is 10.7 Å². The molecule has 0 saturated carbocycles. The van der Waals surface area contributed by atoms with E-state index in [9.17, 15) is 19.7 Å². The second-order valence-corrected chi connectivity index (χ2v) is 5.91. The fraction of sp³-hybridized carbons (Fsp3) is 0.158. The Morgan fingerprint density at radius 2 is 1.81 bits per heavy atom. The molecule has 7 nitrogen and oxygen atoms in total. The number of ketones is 1. The topological polar surface area (TPSA) is 99.7 Å². The first-order valence-corrected chi connectivity index (χ1v) is 7.79. The van der Waals surface area contributed by atoms with Crippen LogP contribution in [-0.2, 0) is 0 Å². The molecule has 0 atom stereocenters. The van der Waals surface area contributed by atoms with Crippen molar-refractivity contribution in [3.05, 3.63) is 73.6 Å². The number of hydrogen-bond acceptors (Lipinski definition) is 6. The Labute approximate surface area is 148 Å². The predicted octanol–water partition coefficient (Wildman–Crippen LogP) is 4.31. The van der Waals surface area contributed by atoms with Gasteiger partial charge < -0.3 is 9.15 Å². The summed E-state index contributed by atoms with van der Waals surface area (Å²) in [5, 5.41) is 12.1. The molecule has 7 heteroatoms. The Kier molecular flexibility index (Phi) is 4.29. The summed E-state index contributed by atoms with van der Waals surface area (Å²) in [6.45, 7) is 4.83. The predicted molar refractivity (Wildman–Crippen MR) is 95.1 cm³/mol. The maximum absolute atomic E-state index is 11.6. The molecule has 0 unspecified atom stereocenters. The van der Waals surface area contributed by atoms with Crippen molar-refractivity contribution < 1.29 is 18.9 Å². The van der Waals surface area contributed by atoms with Gasteiger partial charge >= 0.3 is 11.3 Å². The van der Waals surface area contributed by atoms with Crippen LogP contribution in [0.25, 0.3) is 11.0 Å². The van der Waals surface area contributed by atoms with Crippen LogP contribution in [0.3, 0.4) is 0 Å². The number of carbonyl (C=O) groups is 1. The fourth-order valence-electron chi connectivity index (χ4n) is 2.69. The SMILES string of the molecule is CC(=O)c1ccc(Oc2ccc3c(C)cc(=O)oc3c2C)c([N+](=O)[O-])c1. The quantitative estimate of drug-likeness (QED) is 0.300. The number of nitro benzene ring substituents is 1. The molecule has 3 rings (SSSR count). The van der Waals surface area contributed by atoms with Crippen molar-refractivity contribution in [2.45, 2.75) is 20.8 Å². The lowest BCUT2D eigenvalue weighted by molar-refractivity contribution is -0.385. The number of nitro groups is 1. The molecule has 0 aliphatic heterocycles. The highest BCUT2D eigenvalue weighted by molar-refractivity contribution is 5.95. The Morgan fingerprint density at radius 1 is 1.12 bits per heavy atom. The van der Waals surface area contributed by atoms with Gasteiger partial charge in [-0.1, -0.05) is 0 Å². The highest BCUT2D eigenvalue weighted by Crippen LogP contribution is 2.36. The van der Waals surface area contributed by atoms with Crippen LogP contribution in [0.2, 0.25) is 0 Å². The van der Waals surface area contributed by atoms with Gasteiger partial charge in [0.2, 0.25) is 5.75 Å². The third kappa shape index (κ3) is 3.06. The summed E-state index contributed by atoms with van der Waals surface area (Å²) in [5.41, 5.74) is 1.11. The Hall–Kier alpha value is -3.48. The molecule has 3 aromatic rings. The first-order chi connectivity index (χ1) is 12.3. The number of fused-ring (bicyclic) bond motifs is 1. The van der Waals surface area contributed by atoms with Gasteiger partial charge in [-0.2, -0.15) is 0 Å². The zero-order valence-corrected chi connectivity index (χ0v) is 14.4. The molecular formula is C19H15NO6. The van der Waals surface area contributed by atoms with E-state index in [0.717, 1.165) is 10.9 Å². The number of ether oxygens (including phenoxy) is 1. The van der Waals surface area contributed by atoms with Crippen molar-refractivity contribution in [1.82, 2.24) is 0 Å². The summed E-state index contributed by atoms with van der Waals surface area (Å²) < 4.78 is 11.0. The highest BCUT2D eigenvalue weighted by Gasteiger charge is 2.20. The van der Waals surface area contributed by atoms with Crippen LogP contribution < -0.4 is 10.4 Å². The standard InChI is InChI=1S/C19H15NO6/c1-10-8-18(22)26-19-11(2)16(7-5-14(10)19)25-17-6-4-13(12(3)21)9-15(17)20(23)24/h4-9H,1-3H3. The van der Waals surface area contributed by atoms with E-state index in [4.69, 9.17) is 9.15 Å². The summed E-state index contributed by atoms with van der Waals surface area (Å²) in [4.78, 5) is 33.8. The van der Waals surface area contributed by atoms with Crippen LogP contribution in [0.15, 0.2) is 45.6 Å². The molecule has 2 aromatic carbocycles. The van der Waals surface area contributed by atoms with E-state index in [0.29, 0.717) is 16.9 Å². The number of rotatable bonds is 4. The maximum atomic E-state index is 11.6. The summed E-state index contributed by atoms with van der Waals surface area (Å²) in [5.74, 6) is 0.0427. The van der Waals surface area contributed by atoms with E-state index in [1.165, 1.54) is 31.2 Å². The Balaban J connectivity index is 2.12. The second-order valence-electron chi connectivity index (χ2n) is 5.91. The largest absolute Gasteiger partial charge is 0.450 e. The molecule has 0 fully saturated rings. The molecule has 26 heavy (non-hydrogen) atoms. The molecule has 1 aromatic heterocycles. The zero-order valence-electron chi connectivity index (χ0n) is 14.4. The first kappa shape index (κ1) is 17.3. The van der Waals surface area contributed by atoms with Gasteiger partial charge in [-0.25, -0.2) is 4.79 Å². The summed E-state index contributed by atoms with van der Waals surface area (Å²) in [7, 11) is 0. The number of Topliss-reactive ketones (excluding diaryl/α,β-unsaturated/α-hetero) is 1. The van der Waals surface area contributed by atoms with E-state index in [1.807, 2.05) is 0 Å². The molecule has 0 aliphatic rings.